The number of nitrogens with zero attached hydrogens (tertiary/aromatic N) is 9. The number of thiophene rings is 5. The predicted molar refractivity (Wildman–Crippen MR) is 641 cm³/mol. The van der Waals surface area contributed by atoms with Crippen LogP contribution in [0.15, 0.2) is 468 Å². The average molecular weight is 1990 g/mol. The molecule has 0 atom stereocenters. The Morgan fingerprint density at radius 3 is 0.872 bits per heavy atom. The lowest BCUT2D eigenvalue weighted by molar-refractivity contribution is 1.18. The van der Waals surface area contributed by atoms with Crippen molar-refractivity contribution in [2.45, 2.75) is 0 Å². The van der Waals surface area contributed by atoms with Crippen molar-refractivity contribution in [3.05, 3.63) is 468 Å². The van der Waals surface area contributed by atoms with E-state index in [1.165, 1.54) is 272 Å². The van der Waals surface area contributed by atoms with Crippen LogP contribution < -0.4 is 0 Å². The highest BCUT2D eigenvalue weighted by Crippen LogP contribution is 2.58. The first-order valence-electron chi connectivity index (χ1n) is 50.4. The first-order chi connectivity index (χ1) is 74.0. The second kappa shape index (κ2) is 32.1. The molecule has 35 aromatic rings. The van der Waals surface area contributed by atoms with Crippen molar-refractivity contribution in [1.82, 2.24) is 42.4 Å². The van der Waals surface area contributed by atoms with Crippen LogP contribution in [0.25, 0.3) is 310 Å². The number of rotatable bonds is 7. The summed E-state index contributed by atoms with van der Waals surface area (Å²) in [5.74, 6) is 0. The summed E-state index contributed by atoms with van der Waals surface area (Å²) in [4.78, 5) is 18.0. The van der Waals surface area contributed by atoms with E-state index < -0.39 is 0 Å². The highest BCUT2D eigenvalue weighted by molar-refractivity contribution is 7.28. The van der Waals surface area contributed by atoms with E-state index >= 15 is 0 Å². The minimum absolute atomic E-state index is 1.05. The fourth-order valence-corrected chi connectivity index (χ4v) is 31.2. The molecule has 0 aliphatic rings. The maximum atomic E-state index is 4.96. The fraction of sp³-hybridized carbons (Fsp3) is 0. The molecule has 0 aliphatic heterocycles. The Hall–Kier alpha value is -18.3. The van der Waals surface area contributed by atoms with Crippen LogP contribution in [-0.2, 0) is 0 Å². The minimum atomic E-state index is 1.05. The second-order valence-corrected chi connectivity index (χ2v) is 44.0. The SMILES string of the molecule is c1ccc(-n2c3ccccc3c3c4c5ccccc5n(-c5ccc6sc7ccccc7c6c5)c4c4sc5ncccc5c4c32)cc1.c1ccc(-n2c3ccccc3c3c4c5ccccc5n(-c5cccc(-c6ccc7c8ccccc8c8ccccc8c7c6)c5)c4c4sc5ncccc5c4c32)cc1.c1ccc(-n2c3ccccc3c3c4c5ccccc5n(-c5cccc6c5sc5ccccc56)c4c4sc5ncccc5c4c32)cc1. The van der Waals surface area contributed by atoms with Crippen molar-refractivity contribution in [3.63, 3.8) is 0 Å². The molecule has 692 valence electrons. The quantitative estimate of drug-likeness (QED) is 0.149. The molecule has 9 nitrogen and oxygen atoms in total. The van der Waals surface area contributed by atoms with Crippen LogP contribution in [0.2, 0.25) is 0 Å². The van der Waals surface area contributed by atoms with Gasteiger partial charge < -0.3 is 27.4 Å². The van der Waals surface area contributed by atoms with Crippen molar-refractivity contribution in [2.75, 3.05) is 0 Å². The van der Waals surface area contributed by atoms with Crippen molar-refractivity contribution in [3.8, 4) is 45.3 Å². The van der Waals surface area contributed by atoms with E-state index in [-0.39, 0.29) is 0 Å². The molecule has 149 heavy (non-hydrogen) atoms. The van der Waals surface area contributed by atoms with Crippen LogP contribution in [0.1, 0.15) is 0 Å². The molecule has 21 aromatic carbocycles. The zero-order valence-corrected chi connectivity index (χ0v) is 83.6. The number of pyridine rings is 3. The number of hydrogen-bond donors (Lipinski definition) is 0. The lowest BCUT2D eigenvalue weighted by atomic mass is 9.92. The molecule has 0 saturated heterocycles. The van der Waals surface area contributed by atoms with Crippen LogP contribution in [0, 0.1) is 0 Å². The zero-order chi connectivity index (χ0) is 97.1. The molecule has 14 heteroatoms. The van der Waals surface area contributed by atoms with Crippen molar-refractivity contribution >= 4 is 321 Å². The minimum Gasteiger partial charge on any atom is -0.309 e. The monoisotopic (exact) mass is 1980 g/mol. The molecule has 0 radical (unpaired) electrons. The summed E-state index contributed by atoms with van der Waals surface area (Å²) in [7, 11) is 0. The topological polar surface area (TPSA) is 68.2 Å². The predicted octanol–water partition coefficient (Wildman–Crippen LogP) is 38.8. The second-order valence-electron chi connectivity index (χ2n) is 38.9. The zero-order valence-electron chi connectivity index (χ0n) is 79.5. The first kappa shape index (κ1) is 83.1. The molecule has 0 amide bonds. The summed E-state index contributed by atoms with van der Waals surface area (Å²) >= 11 is 9.18. The van der Waals surface area contributed by atoms with Gasteiger partial charge in [0, 0.05) is 180 Å². The lowest BCUT2D eigenvalue weighted by Gasteiger charge is -2.14. The third kappa shape index (κ3) is 11.8. The highest BCUT2D eigenvalue weighted by atomic mass is 32.1. The number of para-hydroxylation sites is 9. The van der Waals surface area contributed by atoms with E-state index in [0.717, 1.165) is 37.2 Å². The summed E-state index contributed by atoms with van der Waals surface area (Å²) in [5, 5.41) is 35.6. The number of hydrogen-bond acceptors (Lipinski definition) is 8. The van der Waals surface area contributed by atoms with Crippen molar-refractivity contribution < 1.29 is 0 Å². The van der Waals surface area contributed by atoms with E-state index in [1.54, 1.807) is 11.3 Å². The summed E-state index contributed by atoms with van der Waals surface area (Å²) in [6, 6.07) is 164. The van der Waals surface area contributed by atoms with Gasteiger partial charge in [0.15, 0.2) is 0 Å². The van der Waals surface area contributed by atoms with E-state index in [4.69, 9.17) is 15.0 Å². The van der Waals surface area contributed by atoms with Gasteiger partial charge in [-0.3, -0.25) is 0 Å². The third-order valence-electron chi connectivity index (χ3n) is 31.2. The Kier molecular flexibility index (Phi) is 17.9. The smallest absolute Gasteiger partial charge is 0.124 e. The molecule has 14 aromatic heterocycles. The summed E-state index contributed by atoms with van der Waals surface area (Å²) in [6.45, 7) is 0. The van der Waals surface area contributed by atoms with Crippen LogP contribution in [0.3, 0.4) is 0 Å². The molecule has 0 fully saturated rings. The number of aromatic nitrogens is 9. The molecule has 14 heterocycles. The Morgan fingerprint density at radius 1 is 0.148 bits per heavy atom. The normalized spacial score (nSPS) is 12.3. The Bertz CT molecular complexity index is 11900. The third-order valence-corrected chi connectivity index (χ3v) is 36.9. The lowest BCUT2D eigenvalue weighted by Crippen LogP contribution is -1.96. The maximum Gasteiger partial charge on any atom is 0.124 e. The molecule has 0 spiro atoms. The van der Waals surface area contributed by atoms with E-state index in [1.807, 2.05) is 63.9 Å². The summed E-state index contributed by atoms with van der Waals surface area (Å²) in [5.41, 5.74) is 24.1. The van der Waals surface area contributed by atoms with Crippen molar-refractivity contribution in [1.29, 1.82) is 0 Å². The molecule has 0 aliphatic carbocycles. The first-order valence-corrected chi connectivity index (χ1v) is 54.5. The average Bonchev–Trinajstić information content (AvgIpc) is 1.52. The van der Waals surface area contributed by atoms with Crippen molar-refractivity contribution in [2.24, 2.45) is 0 Å². The van der Waals surface area contributed by atoms with Crippen LogP contribution >= 0.6 is 56.7 Å². The molecule has 0 N–H and O–H groups in total. The van der Waals surface area contributed by atoms with E-state index in [9.17, 15) is 0 Å². The summed E-state index contributed by atoms with van der Waals surface area (Å²) < 4.78 is 24.1. The van der Waals surface area contributed by atoms with Gasteiger partial charge in [-0.1, -0.05) is 285 Å². The van der Waals surface area contributed by atoms with Gasteiger partial charge in [-0.2, -0.15) is 0 Å². The van der Waals surface area contributed by atoms with Gasteiger partial charge >= 0.3 is 0 Å². The number of benzene rings is 21. The molecule has 0 bridgehead atoms. The fourth-order valence-electron chi connectivity index (χ4n) is 25.3. The Balaban J connectivity index is 0.0000000978. The molecular weight excluding hydrogens is 1910 g/mol. The Morgan fingerprint density at radius 2 is 0.443 bits per heavy atom. The van der Waals surface area contributed by atoms with Gasteiger partial charge in [0.05, 0.1) is 90.7 Å². The molecule has 35 rings (SSSR count). The van der Waals surface area contributed by atoms with Gasteiger partial charge in [-0.25, -0.2) is 15.0 Å². The van der Waals surface area contributed by atoms with Gasteiger partial charge in [-0.15, -0.1) is 56.7 Å². The highest BCUT2D eigenvalue weighted by Gasteiger charge is 2.33. The molecule has 0 saturated carbocycles. The van der Waals surface area contributed by atoms with Gasteiger partial charge in [0.1, 0.15) is 14.5 Å². The van der Waals surface area contributed by atoms with Gasteiger partial charge in [0.25, 0.3) is 0 Å². The van der Waals surface area contributed by atoms with Gasteiger partial charge in [-0.05, 0) is 207 Å². The largest absolute Gasteiger partial charge is 0.309 e. The Labute approximate surface area is 868 Å². The van der Waals surface area contributed by atoms with Crippen LogP contribution in [-0.4, -0.2) is 42.4 Å². The number of fused-ring (bicyclic) bond motifs is 48. The van der Waals surface area contributed by atoms with Crippen LogP contribution in [0.5, 0.6) is 0 Å². The summed E-state index contributed by atoms with van der Waals surface area (Å²) in [6.07, 6.45) is 5.77. The van der Waals surface area contributed by atoms with Gasteiger partial charge in [0.2, 0.25) is 0 Å². The standard InChI is InChI=1S/C53H31N3S.2C41H23N3S2/c1-2-15-34(16-3-1)55-45-25-10-8-22-41(45)47-48-42-23-9-11-26-46(42)56(51(48)52-49(50(47)55)43-24-13-29-54-53(43)57-52)35-17-12-14-32(30-35)33-27-28-40-38-20-5-4-18-36(38)37-19-6-7-21-39(37)44(40)31-33;1-2-12-24(13-3-1)43-30-19-7-4-15-27(30)34-35-28-16-5-8-20-31(28)44(32-21-10-17-26-25-14-6-9-22-33(25)45-39(26)32)38(35)40-36(37(34)43)29-18-11-23-42-41(29)46-40;1-2-11-24(12-3-1)43-31-17-7-4-14-27(31)35-36-28-15-5-8-18-32(28)44(25-20-21-34-30(23-25)26-13-6-9-19-33(26)45-34)39(36)40-37(38(35)43)29-16-10-22-42-41(29)46-40/h1-31H;2*1-23H. The maximum absolute atomic E-state index is 4.96. The van der Waals surface area contributed by atoms with Crippen LogP contribution in [0.4, 0.5) is 0 Å². The van der Waals surface area contributed by atoms with E-state index in [0.29, 0.717) is 0 Å². The molecule has 0 unspecified atom stereocenters. The van der Waals surface area contributed by atoms with E-state index in [2.05, 4.69) is 476 Å². The molecular formula is C135H77N9S5.